The van der Waals surface area contributed by atoms with Crippen molar-refractivity contribution >= 4 is 23.2 Å². The largest absolute Gasteiger partial charge is 0.378 e. The number of morpholine rings is 1. The van der Waals surface area contributed by atoms with E-state index in [1.165, 1.54) is 5.56 Å². The maximum absolute atomic E-state index is 13.0. The zero-order valence-corrected chi connectivity index (χ0v) is 14.2. The van der Waals surface area contributed by atoms with Crippen LogP contribution in [-0.2, 0) is 9.53 Å². The highest BCUT2D eigenvalue weighted by atomic mass is 32.1. The van der Waals surface area contributed by atoms with Gasteiger partial charge in [0.15, 0.2) is 5.11 Å². The molecule has 23 heavy (non-hydrogen) atoms. The zero-order valence-electron chi connectivity index (χ0n) is 13.4. The number of aryl methyl sites for hydroxylation is 1. The van der Waals surface area contributed by atoms with Gasteiger partial charge >= 0.3 is 0 Å². The highest BCUT2D eigenvalue weighted by molar-refractivity contribution is 7.80. The van der Waals surface area contributed by atoms with Gasteiger partial charge in [-0.05, 0) is 31.6 Å². The van der Waals surface area contributed by atoms with E-state index in [1.807, 2.05) is 43.0 Å². The normalized spacial score (nSPS) is 21.7. The third-order valence-electron chi connectivity index (χ3n) is 4.21. The molecular formula is C17H21N3O2S. The number of allylic oxidation sites excluding steroid dienone is 1. The number of hydrogen-bond acceptors (Lipinski definition) is 3. The zero-order chi connectivity index (χ0) is 16.4. The molecule has 1 fully saturated rings. The van der Waals surface area contributed by atoms with Crippen LogP contribution in [0.1, 0.15) is 24.1 Å². The molecule has 0 spiro atoms. The van der Waals surface area contributed by atoms with Gasteiger partial charge in [0.1, 0.15) is 0 Å². The summed E-state index contributed by atoms with van der Waals surface area (Å²) in [6, 6.07) is 7.96. The molecule has 122 valence electrons. The van der Waals surface area contributed by atoms with E-state index in [9.17, 15) is 4.79 Å². The topological polar surface area (TPSA) is 53.6 Å². The van der Waals surface area contributed by atoms with Gasteiger partial charge in [0.05, 0.1) is 24.8 Å². The fourth-order valence-corrected chi connectivity index (χ4v) is 3.19. The summed E-state index contributed by atoms with van der Waals surface area (Å²) in [5.41, 5.74) is 3.77. The van der Waals surface area contributed by atoms with Crippen molar-refractivity contribution in [3.8, 4) is 0 Å². The van der Waals surface area contributed by atoms with Crippen molar-refractivity contribution in [3.05, 3.63) is 46.7 Å². The summed E-state index contributed by atoms with van der Waals surface area (Å²) < 4.78 is 5.34. The van der Waals surface area contributed by atoms with Crippen LogP contribution in [0.3, 0.4) is 0 Å². The lowest BCUT2D eigenvalue weighted by Crippen LogP contribution is -2.49. The second-order valence-electron chi connectivity index (χ2n) is 5.89. The first-order valence-electron chi connectivity index (χ1n) is 7.78. The lowest BCUT2D eigenvalue weighted by Gasteiger charge is -2.34. The summed E-state index contributed by atoms with van der Waals surface area (Å²) in [5.74, 6) is 0.0406. The van der Waals surface area contributed by atoms with Gasteiger partial charge in [-0.2, -0.15) is 0 Å². The average molecular weight is 331 g/mol. The Kier molecular flexibility index (Phi) is 4.63. The summed E-state index contributed by atoms with van der Waals surface area (Å²) in [6.07, 6.45) is 0. The van der Waals surface area contributed by atoms with E-state index in [4.69, 9.17) is 17.0 Å². The molecule has 6 heteroatoms. The van der Waals surface area contributed by atoms with Gasteiger partial charge < -0.3 is 20.3 Å². The van der Waals surface area contributed by atoms with Crippen LogP contribution in [0, 0.1) is 6.92 Å². The third kappa shape index (κ3) is 3.38. The van der Waals surface area contributed by atoms with Crippen LogP contribution in [0.4, 0.5) is 0 Å². The molecule has 1 aromatic rings. The van der Waals surface area contributed by atoms with Crippen molar-refractivity contribution in [1.29, 1.82) is 0 Å². The second-order valence-corrected chi connectivity index (χ2v) is 6.29. The van der Waals surface area contributed by atoms with Gasteiger partial charge in [0.2, 0.25) is 0 Å². The first-order valence-corrected chi connectivity index (χ1v) is 8.19. The minimum atomic E-state index is -0.223. The minimum absolute atomic E-state index is 0.0406. The van der Waals surface area contributed by atoms with E-state index in [-0.39, 0.29) is 11.9 Å². The maximum Gasteiger partial charge on any atom is 0.254 e. The number of benzene rings is 1. The van der Waals surface area contributed by atoms with Gasteiger partial charge in [-0.25, -0.2) is 0 Å². The van der Waals surface area contributed by atoms with E-state index in [2.05, 4.69) is 10.6 Å². The Bertz CT molecular complexity index is 648. The van der Waals surface area contributed by atoms with Crippen LogP contribution < -0.4 is 10.6 Å². The lowest BCUT2D eigenvalue weighted by molar-refractivity contribution is -0.131. The first kappa shape index (κ1) is 16.0. The summed E-state index contributed by atoms with van der Waals surface area (Å²) in [4.78, 5) is 14.9. The number of hydrogen-bond donors (Lipinski definition) is 2. The number of nitrogens with zero attached hydrogens (tertiary/aromatic N) is 1. The molecule has 0 aromatic heterocycles. The number of carbonyl (C=O) groups excluding carboxylic acids is 1. The smallest absolute Gasteiger partial charge is 0.254 e. The molecule has 3 rings (SSSR count). The van der Waals surface area contributed by atoms with Crippen molar-refractivity contribution < 1.29 is 9.53 Å². The Morgan fingerprint density at radius 2 is 1.87 bits per heavy atom. The summed E-state index contributed by atoms with van der Waals surface area (Å²) in [7, 11) is 0. The molecule has 2 N–H and O–H groups in total. The van der Waals surface area contributed by atoms with Crippen molar-refractivity contribution in [2.45, 2.75) is 19.9 Å². The number of rotatable bonds is 2. The fourth-order valence-electron chi connectivity index (χ4n) is 2.92. The maximum atomic E-state index is 13.0. The number of carbonyl (C=O) groups is 1. The van der Waals surface area contributed by atoms with Gasteiger partial charge in [0, 0.05) is 18.8 Å². The van der Waals surface area contributed by atoms with Crippen molar-refractivity contribution in [1.82, 2.24) is 15.5 Å². The minimum Gasteiger partial charge on any atom is -0.378 e. The highest BCUT2D eigenvalue weighted by Crippen LogP contribution is 2.28. The molecule has 1 atom stereocenters. The molecule has 0 unspecified atom stereocenters. The number of ether oxygens (including phenoxy) is 1. The Morgan fingerprint density at radius 3 is 2.52 bits per heavy atom. The average Bonchev–Trinajstić information content (AvgIpc) is 2.55. The van der Waals surface area contributed by atoms with Gasteiger partial charge in [-0.1, -0.05) is 29.8 Å². The molecule has 2 aliphatic rings. The van der Waals surface area contributed by atoms with Crippen LogP contribution in [0.25, 0.3) is 0 Å². The summed E-state index contributed by atoms with van der Waals surface area (Å²) in [6.45, 7) is 6.38. The molecule has 2 heterocycles. The molecule has 1 saturated heterocycles. The monoisotopic (exact) mass is 331 g/mol. The van der Waals surface area contributed by atoms with Crippen LogP contribution in [-0.4, -0.2) is 42.2 Å². The van der Waals surface area contributed by atoms with Crippen LogP contribution in [0.15, 0.2) is 35.5 Å². The first-order chi connectivity index (χ1) is 11.1. The van der Waals surface area contributed by atoms with Crippen molar-refractivity contribution in [3.63, 3.8) is 0 Å². The Balaban J connectivity index is 1.95. The second kappa shape index (κ2) is 6.68. The molecule has 5 nitrogen and oxygen atoms in total. The summed E-state index contributed by atoms with van der Waals surface area (Å²) in [5, 5.41) is 6.87. The van der Waals surface area contributed by atoms with E-state index in [0.717, 1.165) is 16.8 Å². The predicted molar refractivity (Wildman–Crippen MR) is 92.9 cm³/mol. The fraction of sp³-hybridized carbons (Fsp3) is 0.412. The Labute approximate surface area is 141 Å². The number of thiocarbonyl (C=S) groups is 1. The third-order valence-corrected chi connectivity index (χ3v) is 4.43. The van der Waals surface area contributed by atoms with Crippen LogP contribution in [0.2, 0.25) is 0 Å². The van der Waals surface area contributed by atoms with E-state index >= 15 is 0 Å². The van der Waals surface area contributed by atoms with E-state index < -0.39 is 0 Å². The molecule has 1 amide bonds. The molecule has 0 saturated carbocycles. The number of amides is 1. The standard InChI is InChI=1S/C17H21N3O2S/c1-11-3-5-13(6-4-11)15-14(12(2)18-17(23)19-15)16(21)20-7-9-22-10-8-20/h3-6,15H,7-10H2,1-2H3,(H2,18,19,23)/t15-/m1/s1. The molecular weight excluding hydrogens is 310 g/mol. The number of nitrogens with one attached hydrogen (secondary N) is 2. The van der Waals surface area contributed by atoms with Crippen LogP contribution >= 0.6 is 12.2 Å². The lowest BCUT2D eigenvalue weighted by atomic mass is 9.94. The molecule has 0 radical (unpaired) electrons. The van der Waals surface area contributed by atoms with Gasteiger partial charge in [-0.15, -0.1) is 0 Å². The van der Waals surface area contributed by atoms with Crippen molar-refractivity contribution in [2.75, 3.05) is 26.3 Å². The highest BCUT2D eigenvalue weighted by Gasteiger charge is 2.32. The molecule has 2 aliphatic heterocycles. The summed E-state index contributed by atoms with van der Waals surface area (Å²) >= 11 is 5.28. The van der Waals surface area contributed by atoms with E-state index in [1.54, 1.807) is 0 Å². The molecule has 0 aliphatic carbocycles. The predicted octanol–water partition coefficient (Wildman–Crippen LogP) is 1.65. The molecule has 0 bridgehead atoms. The quantitative estimate of drug-likeness (QED) is 0.807. The SMILES string of the molecule is CC1=C(C(=O)N2CCOCC2)[C@@H](c2ccc(C)cc2)NC(=S)N1. The molecule has 1 aromatic carbocycles. The Hall–Kier alpha value is -1.92. The van der Waals surface area contributed by atoms with E-state index in [0.29, 0.717) is 31.4 Å². The van der Waals surface area contributed by atoms with Gasteiger partial charge in [0.25, 0.3) is 5.91 Å². The van der Waals surface area contributed by atoms with Crippen molar-refractivity contribution in [2.24, 2.45) is 0 Å². The van der Waals surface area contributed by atoms with Gasteiger partial charge in [-0.3, -0.25) is 4.79 Å². The van der Waals surface area contributed by atoms with Crippen LogP contribution in [0.5, 0.6) is 0 Å². The Morgan fingerprint density at radius 1 is 1.22 bits per heavy atom.